The van der Waals surface area contributed by atoms with Gasteiger partial charge >= 0.3 is 0 Å². The molecule has 94 valence electrons. The molecule has 1 amide bonds. The third kappa shape index (κ3) is 3.43. The van der Waals surface area contributed by atoms with E-state index < -0.39 is 11.4 Å². The minimum absolute atomic E-state index is 0.448. The summed E-state index contributed by atoms with van der Waals surface area (Å²) in [7, 11) is 1.60. The Morgan fingerprint density at radius 1 is 1.59 bits per heavy atom. The molecule has 0 aliphatic heterocycles. The van der Waals surface area contributed by atoms with Gasteiger partial charge in [0.1, 0.15) is 5.54 Å². The van der Waals surface area contributed by atoms with Gasteiger partial charge in [-0.3, -0.25) is 10.1 Å². The number of methoxy groups -OCH3 is 1. The number of benzene rings is 1. The largest absolute Gasteiger partial charge is 0.383 e. The molecule has 0 spiro atoms. The van der Waals surface area contributed by atoms with Crippen molar-refractivity contribution in [3.8, 4) is 0 Å². The zero-order chi connectivity index (χ0) is 12.9. The van der Waals surface area contributed by atoms with Gasteiger partial charge in [0, 0.05) is 18.7 Å². The van der Waals surface area contributed by atoms with Gasteiger partial charge in [-0.05, 0) is 24.6 Å². The van der Waals surface area contributed by atoms with Gasteiger partial charge in [0.25, 0.3) is 0 Å². The maximum Gasteiger partial charge on any atom is 0.242 e. The van der Waals surface area contributed by atoms with Crippen molar-refractivity contribution in [1.29, 1.82) is 0 Å². The predicted molar refractivity (Wildman–Crippen MR) is 67.9 cm³/mol. The predicted octanol–water partition coefficient (Wildman–Crippen LogP) is 1.28. The van der Waals surface area contributed by atoms with Crippen molar-refractivity contribution >= 4 is 17.5 Å². The monoisotopic (exact) mass is 256 g/mol. The summed E-state index contributed by atoms with van der Waals surface area (Å²) in [5.41, 5.74) is 5.25. The lowest BCUT2D eigenvalue weighted by Gasteiger charge is -2.28. The average Bonchev–Trinajstić information content (AvgIpc) is 2.29. The number of carbonyl (C=O) groups excluding carboxylic acids is 1. The summed E-state index contributed by atoms with van der Waals surface area (Å²) >= 11 is 5.91. The molecule has 0 fully saturated rings. The maximum atomic E-state index is 11.6. The van der Waals surface area contributed by atoms with E-state index in [1.165, 1.54) is 0 Å². The van der Waals surface area contributed by atoms with Gasteiger partial charge in [-0.1, -0.05) is 23.7 Å². The molecule has 1 unspecified atom stereocenters. The number of hydrogen-bond acceptors (Lipinski definition) is 3. The third-order valence-corrected chi connectivity index (χ3v) is 2.91. The van der Waals surface area contributed by atoms with Gasteiger partial charge in [-0.15, -0.1) is 0 Å². The van der Waals surface area contributed by atoms with E-state index in [-0.39, 0.29) is 0 Å². The fourth-order valence-electron chi connectivity index (χ4n) is 1.53. The van der Waals surface area contributed by atoms with Gasteiger partial charge in [0.2, 0.25) is 5.91 Å². The molecular weight excluding hydrogens is 240 g/mol. The van der Waals surface area contributed by atoms with E-state index in [4.69, 9.17) is 22.1 Å². The number of ether oxygens (including phenoxy) is 1. The van der Waals surface area contributed by atoms with Crippen LogP contribution in [-0.4, -0.2) is 26.2 Å². The zero-order valence-electron chi connectivity index (χ0n) is 10.00. The third-order valence-electron chi connectivity index (χ3n) is 2.68. The highest BCUT2D eigenvalue weighted by Crippen LogP contribution is 2.23. The Hall–Kier alpha value is -1.10. The van der Waals surface area contributed by atoms with Gasteiger partial charge < -0.3 is 10.5 Å². The smallest absolute Gasteiger partial charge is 0.242 e. The van der Waals surface area contributed by atoms with Crippen molar-refractivity contribution in [3.63, 3.8) is 0 Å². The van der Waals surface area contributed by atoms with E-state index in [1.54, 1.807) is 32.2 Å². The van der Waals surface area contributed by atoms with Crippen LogP contribution in [0.1, 0.15) is 12.5 Å². The van der Waals surface area contributed by atoms with Crippen molar-refractivity contribution in [2.45, 2.75) is 12.5 Å². The van der Waals surface area contributed by atoms with E-state index in [9.17, 15) is 4.79 Å². The molecule has 0 saturated heterocycles. The highest BCUT2D eigenvalue weighted by Gasteiger charge is 2.32. The van der Waals surface area contributed by atoms with Crippen molar-refractivity contribution in [2.24, 2.45) is 5.73 Å². The second-order valence-electron chi connectivity index (χ2n) is 3.92. The Morgan fingerprint density at radius 3 is 2.82 bits per heavy atom. The maximum absolute atomic E-state index is 11.6. The molecule has 1 atom stereocenters. The normalized spacial score (nSPS) is 14.3. The molecule has 5 heteroatoms. The first-order chi connectivity index (χ1) is 8.00. The number of nitrogens with two attached hydrogens (primary N) is 1. The first-order valence-corrected chi connectivity index (χ1v) is 5.68. The van der Waals surface area contributed by atoms with Crippen LogP contribution in [0.25, 0.3) is 0 Å². The minimum Gasteiger partial charge on any atom is -0.383 e. The molecule has 0 saturated carbocycles. The van der Waals surface area contributed by atoms with E-state index in [0.717, 1.165) is 5.56 Å². The molecule has 0 bridgehead atoms. The summed E-state index contributed by atoms with van der Waals surface area (Å²) in [5.74, 6) is -0.448. The van der Waals surface area contributed by atoms with Crippen LogP contribution < -0.4 is 11.1 Å². The van der Waals surface area contributed by atoms with Crippen LogP contribution in [0.3, 0.4) is 0 Å². The Bertz CT molecular complexity index is 398. The minimum atomic E-state index is -0.941. The van der Waals surface area contributed by atoms with E-state index in [1.807, 2.05) is 6.07 Å². The van der Waals surface area contributed by atoms with E-state index in [2.05, 4.69) is 5.32 Å². The molecule has 0 aliphatic carbocycles. The molecular formula is C12H17ClN2O2. The molecule has 1 aromatic rings. The molecule has 0 heterocycles. The van der Waals surface area contributed by atoms with E-state index >= 15 is 0 Å². The fourth-order valence-corrected chi connectivity index (χ4v) is 1.72. The topological polar surface area (TPSA) is 64.3 Å². The Labute approximate surface area is 106 Å². The van der Waals surface area contributed by atoms with Gasteiger partial charge in [-0.2, -0.15) is 0 Å². The van der Waals surface area contributed by atoms with Crippen molar-refractivity contribution in [2.75, 3.05) is 20.3 Å². The van der Waals surface area contributed by atoms with Gasteiger partial charge in [0.05, 0.1) is 6.61 Å². The number of hydrogen-bond donors (Lipinski definition) is 2. The standard InChI is InChI=1S/C12H17ClN2O2/c1-12(11(14)16,15-6-7-17-2)9-4-3-5-10(13)8-9/h3-5,8,15H,6-7H2,1-2H3,(H2,14,16). The number of amides is 1. The summed E-state index contributed by atoms with van der Waals surface area (Å²) in [6.45, 7) is 2.77. The van der Waals surface area contributed by atoms with E-state index in [0.29, 0.717) is 18.2 Å². The molecule has 3 N–H and O–H groups in total. The van der Waals surface area contributed by atoms with Crippen LogP contribution in [0.4, 0.5) is 0 Å². The van der Waals surface area contributed by atoms with Crippen LogP contribution in [0, 0.1) is 0 Å². The molecule has 1 aromatic carbocycles. The molecule has 4 nitrogen and oxygen atoms in total. The molecule has 0 aromatic heterocycles. The number of halogens is 1. The zero-order valence-corrected chi connectivity index (χ0v) is 10.8. The summed E-state index contributed by atoms with van der Waals surface area (Å²) in [5, 5.41) is 3.65. The van der Waals surface area contributed by atoms with Crippen LogP contribution in [0.2, 0.25) is 5.02 Å². The molecule has 17 heavy (non-hydrogen) atoms. The molecule has 0 aliphatic rings. The van der Waals surface area contributed by atoms with Crippen LogP contribution >= 0.6 is 11.6 Å². The van der Waals surface area contributed by atoms with Crippen molar-refractivity contribution < 1.29 is 9.53 Å². The molecule has 1 rings (SSSR count). The average molecular weight is 257 g/mol. The number of nitrogens with one attached hydrogen (secondary N) is 1. The summed E-state index contributed by atoms with van der Waals surface area (Å²) in [4.78, 5) is 11.6. The second-order valence-corrected chi connectivity index (χ2v) is 4.36. The Morgan fingerprint density at radius 2 is 2.29 bits per heavy atom. The van der Waals surface area contributed by atoms with Crippen molar-refractivity contribution in [3.05, 3.63) is 34.9 Å². The highest BCUT2D eigenvalue weighted by molar-refractivity contribution is 6.30. The lowest BCUT2D eigenvalue weighted by molar-refractivity contribution is -0.124. The summed E-state index contributed by atoms with van der Waals surface area (Å²) in [6, 6.07) is 7.08. The SMILES string of the molecule is COCCNC(C)(C(N)=O)c1cccc(Cl)c1. The summed E-state index contributed by atoms with van der Waals surface area (Å²) in [6.07, 6.45) is 0. The number of primary amides is 1. The van der Waals surface area contributed by atoms with Crippen LogP contribution in [-0.2, 0) is 15.1 Å². The first kappa shape index (κ1) is 14.0. The number of rotatable bonds is 6. The fraction of sp³-hybridized carbons (Fsp3) is 0.417. The summed E-state index contributed by atoms with van der Waals surface area (Å²) < 4.78 is 4.94. The molecule has 0 radical (unpaired) electrons. The Kier molecular flexibility index (Phi) is 4.93. The Balaban J connectivity index is 2.95. The van der Waals surface area contributed by atoms with Crippen LogP contribution in [0.15, 0.2) is 24.3 Å². The van der Waals surface area contributed by atoms with Gasteiger partial charge in [-0.25, -0.2) is 0 Å². The van der Waals surface area contributed by atoms with Gasteiger partial charge in [0.15, 0.2) is 0 Å². The highest BCUT2D eigenvalue weighted by atomic mass is 35.5. The number of carbonyl (C=O) groups is 1. The second kappa shape index (κ2) is 6.00. The lowest BCUT2D eigenvalue weighted by atomic mass is 9.91. The van der Waals surface area contributed by atoms with Crippen molar-refractivity contribution in [1.82, 2.24) is 5.32 Å². The quantitative estimate of drug-likeness (QED) is 0.754. The van der Waals surface area contributed by atoms with Crippen LogP contribution in [0.5, 0.6) is 0 Å². The first-order valence-electron chi connectivity index (χ1n) is 5.30. The lowest BCUT2D eigenvalue weighted by Crippen LogP contribution is -2.51.